The van der Waals surface area contributed by atoms with Gasteiger partial charge in [0.15, 0.2) is 0 Å². The van der Waals surface area contributed by atoms with Crippen LogP contribution in [0.2, 0.25) is 0 Å². The molecular weight excluding hydrogens is 382 g/mol. The second-order valence-electron chi connectivity index (χ2n) is 8.66. The van der Waals surface area contributed by atoms with Crippen LogP contribution in [-0.4, -0.2) is 22.0 Å². The summed E-state index contributed by atoms with van der Waals surface area (Å²) in [5.41, 5.74) is 8.30. The molecule has 0 radical (unpaired) electrons. The van der Waals surface area contributed by atoms with Crippen LogP contribution in [0.3, 0.4) is 0 Å². The quantitative estimate of drug-likeness (QED) is 0.444. The maximum atomic E-state index is 12.9. The molecule has 1 aliphatic heterocycles. The summed E-state index contributed by atoms with van der Waals surface area (Å²) in [6.45, 7) is 7.95. The molecule has 1 saturated heterocycles. The van der Waals surface area contributed by atoms with Crippen molar-refractivity contribution < 1.29 is 4.79 Å². The second kappa shape index (κ2) is 7.69. The number of imidazole rings is 1. The number of nitrogens with zero attached hydrogens (tertiary/aromatic N) is 3. The molecule has 1 amide bonds. The van der Waals surface area contributed by atoms with Gasteiger partial charge >= 0.3 is 0 Å². The van der Waals surface area contributed by atoms with E-state index in [0.29, 0.717) is 13.0 Å². The van der Waals surface area contributed by atoms with Gasteiger partial charge in [-0.25, -0.2) is 4.98 Å². The minimum Gasteiger partial charge on any atom is -0.323 e. The standard InChI is InChI=1S/C27H27N3O/c1-18-13-19(2)23(20(3)14-18)17-30-25-12-8-7-11-24(25)28-27(30)21-15-26(31)29(16-21)22-9-5-4-6-10-22/h4-14,21H,15-17H2,1-3H3/t21-/m1/s1. The summed E-state index contributed by atoms with van der Waals surface area (Å²) in [7, 11) is 0. The lowest BCUT2D eigenvalue weighted by molar-refractivity contribution is -0.117. The number of carbonyl (C=O) groups excluding carboxylic acids is 1. The van der Waals surface area contributed by atoms with Gasteiger partial charge in [-0.1, -0.05) is 48.0 Å². The average molecular weight is 410 g/mol. The van der Waals surface area contributed by atoms with Crippen molar-refractivity contribution in [2.45, 2.75) is 39.7 Å². The third kappa shape index (κ3) is 3.52. The highest BCUT2D eigenvalue weighted by Crippen LogP contribution is 2.34. The van der Waals surface area contributed by atoms with Crippen LogP contribution in [0.5, 0.6) is 0 Å². The fraction of sp³-hybridized carbons (Fsp3) is 0.259. The van der Waals surface area contributed by atoms with Crippen LogP contribution in [-0.2, 0) is 11.3 Å². The van der Waals surface area contributed by atoms with Crippen molar-refractivity contribution in [2.24, 2.45) is 0 Å². The summed E-state index contributed by atoms with van der Waals surface area (Å²) < 4.78 is 2.33. The number of para-hydroxylation sites is 3. The maximum Gasteiger partial charge on any atom is 0.227 e. The van der Waals surface area contributed by atoms with Gasteiger partial charge in [0.1, 0.15) is 5.82 Å². The number of aromatic nitrogens is 2. The molecule has 156 valence electrons. The number of benzene rings is 3. The first kappa shape index (κ1) is 19.6. The van der Waals surface area contributed by atoms with Crippen LogP contribution >= 0.6 is 0 Å². The van der Waals surface area contributed by atoms with E-state index in [1.165, 1.54) is 22.3 Å². The molecule has 4 nitrogen and oxygen atoms in total. The topological polar surface area (TPSA) is 38.1 Å². The van der Waals surface area contributed by atoms with Gasteiger partial charge in [-0.2, -0.15) is 0 Å². The van der Waals surface area contributed by atoms with E-state index in [2.05, 4.69) is 55.7 Å². The lowest BCUT2D eigenvalue weighted by Gasteiger charge is -2.19. The number of fused-ring (bicyclic) bond motifs is 1. The fourth-order valence-electron chi connectivity index (χ4n) is 4.93. The van der Waals surface area contributed by atoms with Crippen LogP contribution < -0.4 is 4.90 Å². The van der Waals surface area contributed by atoms with E-state index in [-0.39, 0.29) is 11.8 Å². The monoisotopic (exact) mass is 409 g/mol. The number of amides is 1. The van der Waals surface area contributed by atoms with Crippen molar-refractivity contribution in [2.75, 3.05) is 11.4 Å². The number of aryl methyl sites for hydroxylation is 3. The van der Waals surface area contributed by atoms with Gasteiger partial charge in [0.05, 0.1) is 11.0 Å². The predicted molar refractivity (Wildman–Crippen MR) is 126 cm³/mol. The van der Waals surface area contributed by atoms with Gasteiger partial charge < -0.3 is 9.47 Å². The van der Waals surface area contributed by atoms with E-state index in [1.54, 1.807) is 0 Å². The Balaban J connectivity index is 1.57. The van der Waals surface area contributed by atoms with E-state index < -0.39 is 0 Å². The van der Waals surface area contributed by atoms with Crippen molar-refractivity contribution in [1.29, 1.82) is 0 Å². The summed E-state index contributed by atoms with van der Waals surface area (Å²) in [4.78, 5) is 19.8. The Bertz CT molecular complexity index is 1250. The molecule has 0 unspecified atom stereocenters. The first-order valence-electron chi connectivity index (χ1n) is 10.9. The van der Waals surface area contributed by atoms with Crippen LogP contribution in [0.1, 0.15) is 40.4 Å². The Kier molecular flexibility index (Phi) is 4.85. The zero-order chi connectivity index (χ0) is 21.5. The predicted octanol–water partition coefficient (Wildman–Crippen LogP) is 5.53. The molecule has 2 heterocycles. The molecule has 0 spiro atoms. The van der Waals surface area contributed by atoms with Gasteiger partial charge in [0, 0.05) is 31.1 Å². The van der Waals surface area contributed by atoms with Gasteiger partial charge in [-0.3, -0.25) is 4.79 Å². The first-order chi connectivity index (χ1) is 15.0. The Morgan fingerprint density at radius 1 is 0.935 bits per heavy atom. The van der Waals surface area contributed by atoms with E-state index in [4.69, 9.17) is 4.98 Å². The number of hydrogen-bond acceptors (Lipinski definition) is 2. The Hall–Kier alpha value is -3.40. The van der Waals surface area contributed by atoms with Crippen molar-refractivity contribution in [3.63, 3.8) is 0 Å². The summed E-state index contributed by atoms with van der Waals surface area (Å²) >= 11 is 0. The largest absolute Gasteiger partial charge is 0.323 e. The van der Waals surface area contributed by atoms with Crippen LogP contribution in [0.25, 0.3) is 11.0 Å². The third-order valence-corrected chi connectivity index (χ3v) is 6.40. The molecule has 5 rings (SSSR count). The zero-order valence-electron chi connectivity index (χ0n) is 18.3. The molecule has 4 aromatic rings. The van der Waals surface area contributed by atoms with Crippen LogP contribution in [0.4, 0.5) is 5.69 Å². The molecule has 4 heteroatoms. The SMILES string of the molecule is Cc1cc(C)c(Cn2c([C@@H]3CC(=O)N(c4ccccc4)C3)nc3ccccc32)c(C)c1. The van der Waals surface area contributed by atoms with E-state index in [0.717, 1.165) is 29.1 Å². The second-order valence-corrected chi connectivity index (χ2v) is 8.66. The Morgan fingerprint density at radius 2 is 1.61 bits per heavy atom. The molecule has 1 fully saturated rings. The van der Waals surface area contributed by atoms with Crippen LogP contribution in [0.15, 0.2) is 66.7 Å². The number of hydrogen-bond donors (Lipinski definition) is 0. The molecule has 0 saturated carbocycles. The molecular formula is C27H27N3O. The molecule has 1 aromatic heterocycles. The van der Waals surface area contributed by atoms with E-state index >= 15 is 0 Å². The number of carbonyl (C=O) groups is 1. The molecule has 1 aliphatic rings. The molecule has 3 aromatic carbocycles. The molecule has 0 bridgehead atoms. The average Bonchev–Trinajstić information content (AvgIpc) is 3.32. The summed E-state index contributed by atoms with van der Waals surface area (Å²) in [5, 5.41) is 0. The van der Waals surface area contributed by atoms with Crippen LogP contribution in [0, 0.1) is 20.8 Å². The normalized spacial score (nSPS) is 16.4. The van der Waals surface area contributed by atoms with Crippen molar-refractivity contribution in [3.05, 3.63) is 94.8 Å². The first-order valence-corrected chi connectivity index (χ1v) is 10.9. The summed E-state index contributed by atoms with van der Waals surface area (Å²) in [5.74, 6) is 1.25. The highest BCUT2D eigenvalue weighted by Gasteiger charge is 2.34. The van der Waals surface area contributed by atoms with Gasteiger partial charge in [-0.05, 0) is 61.7 Å². The Morgan fingerprint density at radius 3 is 2.35 bits per heavy atom. The third-order valence-electron chi connectivity index (χ3n) is 6.40. The lowest BCUT2D eigenvalue weighted by atomic mass is 9.99. The van der Waals surface area contributed by atoms with Crippen molar-refractivity contribution in [3.8, 4) is 0 Å². The highest BCUT2D eigenvalue weighted by molar-refractivity contribution is 5.96. The fourth-order valence-corrected chi connectivity index (χ4v) is 4.93. The molecule has 0 N–H and O–H groups in total. The van der Waals surface area contributed by atoms with E-state index in [9.17, 15) is 4.79 Å². The maximum absolute atomic E-state index is 12.9. The zero-order valence-corrected chi connectivity index (χ0v) is 18.3. The molecule has 31 heavy (non-hydrogen) atoms. The van der Waals surface area contributed by atoms with E-state index in [1.807, 2.05) is 41.3 Å². The van der Waals surface area contributed by atoms with Crippen molar-refractivity contribution in [1.82, 2.24) is 9.55 Å². The summed E-state index contributed by atoms with van der Waals surface area (Å²) in [6, 6.07) is 22.7. The Labute approximate surface area is 183 Å². The smallest absolute Gasteiger partial charge is 0.227 e. The molecule has 0 aliphatic carbocycles. The molecule has 1 atom stereocenters. The minimum absolute atomic E-state index is 0.0752. The summed E-state index contributed by atoms with van der Waals surface area (Å²) in [6.07, 6.45) is 0.490. The number of rotatable bonds is 4. The highest BCUT2D eigenvalue weighted by atomic mass is 16.2. The van der Waals surface area contributed by atoms with Gasteiger partial charge in [0.2, 0.25) is 5.91 Å². The van der Waals surface area contributed by atoms with Gasteiger partial charge in [0.25, 0.3) is 0 Å². The number of anilines is 1. The minimum atomic E-state index is 0.0752. The van der Waals surface area contributed by atoms with Crippen molar-refractivity contribution >= 4 is 22.6 Å². The van der Waals surface area contributed by atoms with Gasteiger partial charge in [-0.15, -0.1) is 0 Å². The lowest BCUT2D eigenvalue weighted by Crippen LogP contribution is -2.24.